The molecule has 0 heterocycles. The van der Waals surface area contributed by atoms with Gasteiger partial charge in [-0.25, -0.2) is 0 Å². The van der Waals surface area contributed by atoms with E-state index >= 15 is 0 Å². The molecule has 1 saturated carbocycles. The number of carbonyl (C=O) groups is 2. The number of carbonyl (C=O) groups excluding carboxylic acids is 1. The van der Waals surface area contributed by atoms with Gasteiger partial charge in [0.05, 0.1) is 12.5 Å². The zero-order valence-electron chi connectivity index (χ0n) is 12.2. The molecule has 2 atom stereocenters. The van der Waals surface area contributed by atoms with E-state index < -0.39 is 5.97 Å². The normalized spacial score (nSPS) is 21.0. The molecular formula is C16H21NO4. The van der Waals surface area contributed by atoms with Gasteiger partial charge in [0, 0.05) is 11.6 Å². The van der Waals surface area contributed by atoms with Crippen molar-refractivity contribution in [3.63, 3.8) is 0 Å². The number of amides is 1. The van der Waals surface area contributed by atoms with Crippen LogP contribution < -0.4 is 10.1 Å². The molecule has 5 heteroatoms. The van der Waals surface area contributed by atoms with Crippen LogP contribution in [0.15, 0.2) is 24.3 Å². The minimum atomic E-state index is -0.803. The maximum absolute atomic E-state index is 12.1. The van der Waals surface area contributed by atoms with Gasteiger partial charge in [-0.05, 0) is 49.9 Å². The number of hydrogen-bond donors (Lipinski definition) is 2. The van der Waals surface area contributed by atoms with Crippen LogP contribution >= 0.6 is 0 Å². The van der Waals surface area contributed by atoms with Crippen molar-refractivity contribution in [2.24, 2.45) is 11.8 Å². The largest absolute Gasteiger partial charge is 0.494 e. The summed E-state index contributed by atoms with van der Waals surface area (Å²) in [7, 11) is 0. The summed E-state index contributed by atoms with van der Waals surface area (Å²) in [5, 5.41) is 11.8. The Morgan fingerprint density at radius 3 is 2.48 bits per heavy atom. The fourth-order valence-corrected chi connectivity index (χ4v) is 2.54. The van der Waals surface area contributed by atoms with E-state index in [1.165, 1.54) is 0 Å². The highest BCUT2D eigenvalue weighted by Gasteiger charge is 2.33. The standard InChI is InChI=1S/C16H21NO4/c1-2-9-21-14-7-5-13(6-8-14)17-15(18)11-3-4-12(10-11)16(19)20/h5-8,11-12H,2-4,9-10H2,1H3,(H,17,18)(H,19,20)/t11-,12+/m1/s1. The molecule has 0 radical (unpaired) electrons. The number of carboxylic acids is 1. The van der Waals surface area contributed by atoms with Crippen LogP contribution in [-0.2, 0) is 9.59 Å². The van der Waals surface area contributed by atoms with E-state index in [4.69, 9.17) is 9.84 Å². The van der Waals surface area contributed by atoms with Crippen LogP contribution in [0.25, 0.3) is 0 Å². The predicted octanol–water partition coefficient (Wildman–Crippen LogP) is 2.91. The smallest absolute Gasteiger partial charge is 0.306 e. The monoisotopic (exact) mass is 291 g/mol. The van der Waals surface area contributed by atoms with Crippen LogP contribution in [-0.4, -0.2) is 23.6 Å². The van der Waals surface area contributed by atoms with Crippen LogP contribution in [0.3, 0.4) is 0 Å². The SMILES string of the molecule is CCCOc1ccc(NC(=O)[C@@H]2CC[C@H](C(=O)O)C2)cc1. The number of benzene rings is 1. The van der Waals surface area contributed by atoms with Crippen LogP contribution in [0.2, 0.25) is 0 Å². The fourth-order valence-electron chi connectivity index (χ4n) is 2.54. The van der Waals surface area contributed by atoms with Gasteiger partial charge in [-0.1, -0.05) is 6.92 Å². The third-order valence-corrected chi connectivity index (χ3v) is 3.75. The summed E-state index contributed by atoms with van der Waals surface area (Å²) in [5.41, 5.74) is 0.711. The molecule has 1 aliphatic carbocycles. The first-order valence-electron chi connectivity index (χ1n) is 7.36. The zero-order valence-corrected chi connectivity index (χ0v) is 12.2. The first-order chi connectivity index (χ1) is 10.1. The second-order valence-corrected chi connectivity index (χ2v) is 5.41. The van der Waals surface area contributed by atoms with Gasteiger partial charge in [0.2, 0.25) is 5.91 Å². The van der Waals surface area contributed by atoms with Gasteiger partial charge in [-0.2, -0.15) is 0 Å². The van der Waals surface area contributed by atoms with Crippen molar-refractivity contribution in [3.05, 3.63) is 24.3 Å². The molecule has 0 aliphatic heterocycles. The molecule has 0 bridgehead atoms. The molecule has 0 spiro atoms. The Kier molecular flexibility index (Phi) is 5.20. The molecule has 21 heavy (non-hydrogen) atoms. The van der Waals surface area contributed by atoms with Gasteiger partial charge in [0.1, 0.15) is 5.75 Å². The molecule has 2 N–H and O–H groups in total. The van der Waals surface area contributed by atoms with Crippen LogP contribution in [0.1, 0.15) is 32.6 Å². The minimum Gasteiger partial charge on any atom is -0.494 e. The van der Waals surface area contributed by atoms with Crippen LogP contribution in [0.5, 0.6) is 5.75 Å². The van der Waals surface area contributed by atoms with E-state index in [0.29, 0.717) is 31.6 Å². The minimum absolute atomic E-state index is 0.0963. The average Bonchev–Trinajstić information content (AvgIpc) is 2.97. The molecule has 5 nitrogen and oxygen atoms in total. The van der Waals surface area contributed by atoms with E-state index in [-0.39, 0.29) is 17.7 Å². The molecule has 2 rings (SSSR count). The van der Waals surface area contributed by atoms with Gasteiger partial charge in [0.25, 0.3) is 0 Å². The number of anilines is 1. The second kappa shape index (κ2) is 7.11. The average molecular weight is 291 g/mol. The van der Waals surface area contributed by atoms with E-state index in [1.54, 1.807) is 12.1 Å². The topological polar surface area (TPSA) is 75.6 Å². The maximum Gasteiger partial charge on any atom is 0.306 e. The molecule has 1 aromatic carbocycles. The van der Waals surface area contributed by atoms with Gasteiger partial charge in [0.15, 0.2) is 0 Å². The van der Waals surface area contributed by atoms with Crippen molar-refractivity contribution in [1.29, 1.82) is 0 Å². The van der Waals surface area contributed by atoms with Crippen molar-refractivity contribution < 1.29 is 19.4 Å². The molecule has 0 unspecified atom stereocenters. The third-order valence-electron chi connectivity index (χ3n) is 3.75. The zero-order chi connectivity index (χ0) is 15.2. The molecular weight excluding hydrogens is 270 g/mol. The highest BCUT2D eigenvalue weighted by molar-refractivity contribution is 5.93. The van der Waals surface area contributed by atoms with E-state index in [2.05, 4.69) is 5.32 Å². The van der Waals surface area contributed by atoms with Gasteiger partial charge in [-0.15, -0.1) is 0 Å². The number of carboxylic acid groups (broad SMARTS) is 1. The molecule has 1 aromatic rings. The Morgan fingerprint density at radius 2 is 1.90 bits per heavy atom. The first kappa shape index (κ1) is 15.4. The van der Waals surface area contributed by atoms with Gasteiger partial charge in [-0.3, -0.25) is 9.59 Å². The molecule has 0 saturated heterocycles. The lowest BCUT2D eigenvalue weighted by atomic mass is 10.0. The fraction of sp³-hybridized carbons (Fsp3) is 0.500. The molecule has 1 aliphatic rings. The Labute approximate surface area is 124 Å². The second-order valence-electron chi connectivity index (χ2n) is 5.41. The van der Waals surface area contributed by atoms with E-state index in [9.17, 15) is 9.59 Å². The Morgan fingerprint density at radius 1 is 1.24 bits per heavy atom. The Balaban J connectivity index is 1.87. The Bertz CT molecular complexity index is 498. The summed E-state index contributed by atoms with van der Waals surface area (Å²) in [6, 6.07) is 7.24. The van der Waals surface area contributed by atoms with Gasteiger partial charge >= 0.3 is 5.97 Å². The summed E-state index contributed by atoms with van der Waals surface area (Å²) in [6.45, 7) is 2.71. The van der Waals surface area contributed by atoms with Crippen molar-refractivity contribution >= 4 is 17.6 Å². The van der Waals surface area contributed by atoms with E-state index in [1.807, 2.05) is 19.1 Å². The number of hydrogen-bond acceptors (Lipinski definition) is 3. The maximum atomic E-state index is 12.1. The summed E-state index contributed by atoms with van der Waals surface area (Å²) in [6.07, 6.45) is 2.60. The van der Waals surface area contributed by atoms with Crippen LogP contribution in [0.4, 0.5) is 5.69 Å². The van der Waals surface area contributed by atoms with Crippen molar-refractivity contribution in [1.82, 2.24) is 0 Å². The van der Waals surface area contributed by atoms with Crippen molar-refractivity contribution in [3.8, 4) is 5.75 Å². The lowest BCUT2D eigenvalue weighted by molar-refractivity contribution is -0.141. The molecule has 114 valence electrons. The quantitative estimate of drug-likeness (QED) is 0.845. The lowest BCUT2D eigenvalue weighted by Crippen LogP contribution is -2.21. The van der Waals surface area contributed by atoms with Crippen molar-refractivity contribution in [2.75, 3.05) is 11.9 Å². The summed E-state index contributed by atoms with van der Waals surface area (Å²) in [5.74, 6) is -0.710. The number of nitrogens with one attached hydrogen (secondary N) is 1. The Hall–Kier alpha value is -2.04. The summed E-state index contributed by atoms with van der Waals surface area (Å²) >= 11 is 0. The van der Waals surface area contributed by atoms with E-state index in [0.717, 1.165) is 12.2 Å². The number of ether oxygens (including phenoxy) is 1. The predicted molar refractivity (Wildman–Crippen MR) is 79.3 cm³/mol. The highest BCUT2D eigenvalue weighted by Crippen LogP contribution is 2.32. The lowest BCUT2D eigenvalue weighted by Gasteiger charge is -2.11. The first-order valence-corrected chi connectivity index (χ1v) is 7.36. The summed E-state index contributed by atoms with van der Waals surface area (Å²) < 4.78 is 5.48. The molecule has 1 amide bonds. The number of aliphatic carboxylic acids is 1. The van der Waals surface area contributed by atoms with Crippen LogP contribution in [0, 0.1) is 11.8 Å². The third kappa shape index (κ3) is 4.21. The van der Waals surface area contributed by atoms with Gasteiger partial charge < -0.3 is 15.2 Å². The van der Waals surface area contributed by atoms with Crippen molar-refractivity contribution in [2.45, 2.75) is 32.6 Å². The summed E-state index contributed by atoms with van der Waals surface area (Å²) in [4.78, 5) is 23.0. The number of rotatable bonds is 6. The highest BCUT2D eigenvalue weighted by atomic mass is 16.5. The molecule has 1 fully saturated rings. The molecule has 0 aromatic heterocycles.